The minimum atomic E-state index is -4.05. The molecule has 1 heterocycles. The number of amides is 1. The number of hydrogen-bond donors (Lipinski definition) is 1. The van der Waals surface area contributed by atoms with Gasteiger partial charge in [0.1, 0.15) is 17.3 Å². The van der Waals surface area contributed by atoms with Crippen molar-refractivity contribution in [3.63, 3.8) is 0 Å². The molecule has 0 radical (unpaired) electrons. The molecule has 0 atom stereocenters. The zero-order valence-corrected chi connectivity index (χ0v) is 21.2. The number of methoxy groups -OCH3 is 1. The summed E-state index contributed by atoms with van der Waals surface area (Å²) in [7, 11) is -2.47. The molecule has 35 heavy (non-hydrogen) atoms. The molecular formula is C24H21ClN4O4S2. The first kappa shape index (κ1) is 24.6. The van der Waals surface area contributed by atoms with Crippen molar-refractivity contribution in [2.45, 2.75) is 11.8 Å². The van der Waals surface area contributed by atoms with E-state index in [0.29, 0.717) is 15.8 Å². The summed E-state index contributed by atoms with van der Waals surface area (Å²) in [5, 5.41) is 12.0. The van der Waals surface area contributed by atoms with E-state index >= 15 is 0 Å². The number of carbonyl (C=O) groups is 1. The molecule has 1 aromatic heterocycles. The first-order chi connectivity index (χ1) is 16.8. The van der Waals surface area contributed by atoms with Crippen molar-refractivity contribution in [1.29, 1.82) is 0 Å². The van der Waals surface area contributed by atoms with Gasteiger partial charge in [0.05, 0.1) is 17.7 Å². The second-order valence-electron chi connectivity index (χ2n) is 7.49. The third-order valence-electron chi connectivity index (χ3n) is 5.00. The van der Waals surface area contributed by atoms with Crippen molar-refractivity contribution in [3.05, 3.63) is 83.4 Å². The van der Waals surface area contributed by atoms with E-state index in [1.165, 1.54) is 29.5 Å². The van der Waals surface area contributed by atoms with Gasteiger partial charge in [0.25, 0.3) is 10.0 Å². The van der Waals surface area contributed by atoms with Crippen LogP contribution in [0.2, 0.25) is 5.02 Å². The molecule has 4 rings (SSSR count). The van der Waals surface area contributed by atoms with E-state index in [-0.39, 0.29) is 15.7 Å². The molecule has 0 saturated carbocycles. The number of anilines is 2. The predicted molar refractivity (Wildman–Crippen MR) is 138 cm³/mol. The van der Waals surface area contributed by atoms with Gasteiger partial charge in [-0.05, 0) is 61.5 Å². The number of nitrogens with zero attached hydrogens (tertiary/aromatic N) is 3. The summed E-state index contributed by atoms with van der Waals surface area (Å²) < 4.78 is 33.1. The normalized spacial score (nSPS) is 11.2. The Balaban J connectivity index is 1.57. The maximum atomic E-state index is 13.5. The van der Waals surface area contributed by atoms with Crippen molar-refractivity contribution < 1.29 is 17.9 Å². The number of halogens is 1. The van der Waals surface area contributed by atoms with Crippen molar-refractivity contribution >= 4 is 49.7 Å². The van der Waals surface area contributed by atoms with E-state index in [2.05, 4.69) is 15.5 Å². The van der Waals surface area contributed by atoms with Crippen molar-refractivity contribution in [2.75, 3.05) is 23.3 Å². The highest BCUT2D eigenvalue weighted by Gasteiger charge is 2.28. The quantitative estimate of drug-likeness (QED) is 0.345. The molecule has 11 heteroatoms. The molecule has 0 saturated heterocycles. The summed E-state index contributed by atoms with van der Waals surface area (Å²) >= 11 is 7.28. The largest absolute Gasteiger partial charge is 0.497 e. The molecule has 0 aliphatic rings. The first-order valence-electron chi connectivity index (χ1n) is 10.4. The summed E-state index contributed by atoms with van der Waals surface area (Å²) in [5.74, 6) is 0.140. The molecule has 0 fully saturated rings. The fraction of sp³-hybridized carbons (Fsp3) is 0.125. The van der Waals surface area contributed by atoms with Gasteiger partial charge in [0, 0.05) is 10.6 Å². The Kier molecular flexibility index (Phi) is 7.34. The monoisotopic (exact) mass is 528 g/mol. The molecule has 8 nitrogen and oxygen atoms in total. The Morgan fingerprint density at radius 3 is 2.43 bits per heavy atom. The van der Waals surface area contributed by atoms with Crippen LogP contribution in [0, 0.1) is 6.92 Å². The van der Waals surface area contributed by atoms with Crippen LogP contribution in [-0.4, -0.2) is 38.2 Å². The zero-order valence-electron chi connectivity index (χ0n) is 18.8. The molecule has 0 unspecified atom stereocenters. The van der Waals surface area contributed by atoms with Crippen LogP contribution in [0.15, 0.2) is 77.7 Å². The van der Waals surface area contributed by atoms with E-state index in [9.17, 15) is 13.2 Å². The predicted octanol–water partition coefficient (Wildman–Crippen LogP) is 5.01. The Morgan fingerprint density at radius 1 is 1.06 bits per heavy atom. The van der Waals surface area contributed by atoms with E-state index in [0.717, 1.165) is 15.4 Å². The van der Waals surface area contributed by atoms with E-state index in [4.69, 9.17) is 16.3 Å². The summed E-state index contributed by atoms with van der Waals surface area (Å²) in [6, 6.07) is 20.0. The number of carbonyl (C=O) groups excluding carboxylic acids is 1. The number of benzene rings is 3. The van der Waals surface area contributed by atoms with Crippen molar-refractivity contribution in [1.82, 2.24) is 10.2 Å². The van der Waals surface area contributed by atoms with Crippen molar-refractivity contribution in [3.8, 4) is 16.3 Å². The molecule has 3 aromatic carbocycles. The average Bonchev–Trinajstić information content (AvgIpc) is 3.31. The van der Waals surface area contributed by atoms with Gasteiger partial charge >= 0.3 is 0 Å². The highest BCUT2D eigenvalue weighted by molar-refractivity contribution is 7.92. The Morgan fingerprint density at radius 2 is 1.77 bits per heavy atom. The van der Waals surface area contributed by atoms with Crippen LogP contribution in [0.3, 0.4) is 0 Å². The number of ether oxygens (including phenoxy) is 1. The number of hydrogen-bond acceptors (Lipinski definition) is 7. The van der Waals surface area contributed by atoms with Gasteiger partial charge in [-0.3, -0.25) is 14.4 Å². The number of sulfonamides is 1. The van der Waals surface area contributed by atoms with Crippen LogP contribution in [0.5, 0.6) is 5.75 Å². The third-order valence-corrected chi connectivity index (χ3v) is 7.91. The van der Waals surface area contributed by atoms with Gasteiger partial charge in [-0.1, -0.05) is 46.7 Å². The summed E-state index contributed by atoms with van der Waals surface area (Å²) in [4.78, 5) is 13.0. The summed E-state index contributed by atoms with van der Waals surface area (Å²) in [6.45, 7) is 1.38. The van der Waals surface area contributed by atoms with Gasteiger partial charge < -0.3 is 4.74 Å². The Bertz CT molecular complexity index is 1440. The lowest BCUT2D eigenvalue weighted by Crippen LogP contribution is -2.38. The second kappa shape index (κ2) is 10.4. The molecule has 0 aliphatic carbocycles. The third kappa shape index (κ3) is 5.79. The van der Waals surface area contributed by atoms with E-state index in [1.54, 1.807) is 49.6 Å². The maximum absolute atomic E-state index is 13.5. The van der Waals surface area contributed by atoms with Crippen LogP contribution >= 0.6 is 22.9 Å². The molecular weight excluding hydrogens is 508 g/mol. The standard InChI is InChI=1S/C24H21ClN4O4S2/c1-16-6-12-21(13-7-16)35(31,32)29(19-5-3-4-18(25)14-19)15-22(30)26-24-28-27-23(34-24)17-8-10-20(33-2)11-9-17/h3-14H,15H2,1-2H3,(H,26,28,30). The molecule has 1 N–H and O–H groups in total. The van der Waals surface area contributed by atoms with Gasteiger partial charge in [-0.15, -0.1) is 10.2 Å². The summed E-state index contributed by atoms with van der Waals surface area (Å²) in [6.07, 6.45) is 0. The number of rotatable bonds is 8. The number of aryl methyl sites for hydroxylation is 1. The van der Waals surface area contributed by atoms with Crippen LogP contribution in [0.1, 0.15) is 5.56 Å². The van der Waals surface area contributed by atoms with E-state index in [1.807, 2.05) is 19.1 Å². The summed E-state index contributed by atoms with van der Waals surface area (Å²) in [5.41, 5.74) is 2.00. The molecule has 0 bridgehead atoms. The fourth-order valence-corrected chi connectivity index (χ4v) is 5.56. The second-order valence-corrected chi connectivity index (χ2v) is 10.8. The maximum Gasteiger partial charge on any atom is 0.264 e. The first-order valence-corrected chi connectivity index (χ1v) is 13.0. The Hall–Kier alpha value is -3.47. The molecule has 0 aliphatic heterocycles. The number of nitrogens with one attached hydrogen (secondary N) is 1. The lowest BCUT2D eigenvalue weighted by atomic mass is 10.2. The number of aromatic nitrogens is 2. The molecule has 0 spiro atoms. The van der Waals surface area contributed by atoms with Crippen LogP contribution in [-0.2, 0) is 14.8 Å². The minimum absolute atomic E-state index is 0.0635. The lowest BCUT2D eigenvalue weighted by molar-refractivity contribution is -0.114. The van der Waals surface area contributed by atoms with E-state index < -0.39 is 22.5 Å². The molecule has 4 aromatic rings. The average molecular weight is 529 g/mol. The molecule has 180 valence electrons. The molecule has 1 amide bonds. The van der Waals surface area contributed by atoms with Gasteiger partial charge in [-0.25, -0.2) is 8.42 Å². The highest BCUT2D eigenvalue weighted by Crippen LogP contribution is 2.29. The fourth-order valence-electron chi connectivity index (χ4n) is 3.20. The van der Waals surface area contributed by atoms with Gasteiger partial charge in [0.2, 0.25) is 11.0 Å². The lowest BCUT2D eigenvalue weighted by Gasteiger charge is -2.24. The highest BCUT2D eigenvalue weighted by atomic mass is 35.5. The van der Waals surface area contributed by atoms with Gasteiger partial charge in [0.15, 0.2) is 0 Å². The topological polar surface area (TPSA) is 101 Å². The van der Waals surface area contributed by atoms with Crippen LogP contribution < -0.4 is 14.4 Å². The Labute approximate surface area is 212 Å². The smallest absolute Gasteiger partial charge is 0.264 e. The SMILES string of the molecule is COc1ccc(-c2nnc(NC(=O)CN(c3cccc(Cl)c3)S(=O)(=O)c3ccc(C)cc3)s2)cc1. The van der Waals surface area contributed by atoms with Crippen molar-refractivity contribution in [2.24, 2.45) is 0 Å². The van der Waals surface area contributed by atoms with Crippen LogP contribution in [0.25, 0.3) is 10.6 Å². The van der Waals surface area contributed by atoms with Crippen LogP contribution in [0.4, 0.5) is 10.8 Å². The van der Waals surface area contributed by atoms with Gasteiger partial charge in [-0.2, -0.15) is 0 Å². The minimum Gasteiger partial charge on any atom is -0.497 e. The zero-order chi connectivity index (χ0) is 25.0.